The Kier molecular flexibility index (Phi) is 7.46. The van der Waals surface area contributed by atoms with Gasteiger partial charge in [0, 0.05) is 67.9 Å². The minimum Gasteiger partial charge on any atom is -0.292 e. The first-order chi connectivity index (χ1) is 29.8. The molecule has 13 rings (SSSR count). The number of rotatable bonds is 4. The van der Waals surface area contributed by atoms with Crippen LogP contribution in [0.2, 0.25) is 0 Å². The summed E-state index contributed by atoms with van der Waals surface area (Å²) in [4.78, 5) is 24.7. The van der Waals surface area contributed by atoms with Crippen molar-refractivity contribution in [3.05, 3.63) is 176 Å². The highest BCUT2D eigenvalue weighted by atomic mass is 15.2. The van der Waals surface area contributed by atoms with Crippen molar-refractivity contribution in [1.29, 1.82) is 0 Å². The van der Waals surface area contributed by atoms with E-state index in [0.717, 1.165) is 98.9 Å². The molecule has 0 saturated carbocycles. The van der Waals surface area contributed by atoms with Crippen molar-refractivity contribution in [3.63, 3.8) is 0 Å². The van der Waals surface area contributed by atoms with Crippen LogP contribution in [-0.4, -0.2) is 43.2 Å². The van der Waals surface area contributed by atoms with E-state index in [2.05, 4.69) is 158 Å². The van der Waals surface area contributed by atoms with Gasteiger partial charge in [0.15, 0.2) is 0 Å². The normalized spacial score (nSPS) is 11.8. The first-order valence-corrected chi connectivity index (χ1v) is 20.3. The molecule has 0 fully saturated rings. The zero-order valence-electron chi connectivity index (χ0n) is 32.8. The van der Waals surface area contributed by atoms with E-state index in [9.17, 15) is 0 Å². The highest BCUT2D eigenvalue weighted by molar-refractivity contribution is 6.25. The fraction of sp³-hybridized carbons (Fsp3) is 0.0392. The molecular weight excluding hydrogens is 739 g/mol. The Balaban J connectivity index is 0.00000191. The number of benzene rings is 6. The largest absolute Gasteiger partial charge is 0.292 e. The summed E-state index contributed by atoms with van der Waals surface area (Å²) in [6.07, 6.45) is 7.21. The maximum atomic E-state index is 5.63. The van der Waals surface area contributed by atoms with E-state index >= 15 is 0 Å². The van der Waals surface area contributed by atoms with E-state index in [1.165, 1.54) is 0 Å². The number of pyridine rings is 1. The molecule has 0 radical (unpaired) electrons. The van der Waals surface area contributed by atoms with Crippen LogP contribution in [0, 0.1) is 0 Å². The molecule has 60 heavy (non-hydrogen) atoms. The SMILES string of the molecule is CC.c1cnc(-n2c3ccccc3c3ccc4c5ccccc5n(-c5cccc(-n6c7ccccc7c7ccc8c9ccccc9n(-c9ncccn9)c8c76)n5)c4c32)nc1. The van der Waals surface area contributed by atoms with Crippen LogP contribution < -0.4 is 0 Å². The van der Waals surface area contributed by atoms with Gasteiger partial charge in [-0.1, -0.05) is 117 Å². The lowest BCUT2D eigenvalue weighted by molar-refractivity contribution is 0.979. The van der Waals surface area contributed by atoms with Gasteiger partial charge in [0.2, 0.25) is 11.9 Å². The van der Waals surface area contributed by atoms with Crippen molar-refractivity contribution in [2.75, 3.05) is 0 Å². The smallest absolute Gasteiger partial charge is 0.234 e. The second-order valence-corrected chi connectivity index (χ2v) is 14.6. The Hall–Kier alpha value is -8.17. The highest BCUT2D eigenvalue weighted by Crippen LogP contribution is 2.43. The summed E-state index contributed by atoms with van der Waals surface area (Å²) >= 11 is 0. The molecule has 284 valence electrons. The summed E-state index contributed by atoms with van der Waals surface area (Å²) in [5.41, 5.74) is 8.34. The molecule has 0 aliphatic heterocycles. The van der Waals surface area contributed by atoms with E-state index < -0.39 is 0 Å². The predicted molar refractivity (Wildman–Crippen MR) is 244 cm³/mol. The minimum atomic E-state index is 0.617. The van der Waals surface area contributed by atoms with Crippen molar-refractivity contribution >= 4 is 87.2 Å². The minimum absolute atomic E-state index is 0.617. The highest BCUT2D eigenvalue weighted by Gasteiger charge is 2.25. The van der Waals surface area contributed by atoms with E-state index in [1.54, 1.807) is 24.8 Å². The van der Waals surface area contributed by atoms with Crippen LogP contribution in [0.5, 0.6) is 0 Å². The van der Waals surface area contributed by atoms with Crippen LogP contribution in [0.1, 0.15) is 13.8 Å². The lowest BCUT2D eigenvalue weighted by Gasteiger charge is -2.14. The van der Waals surface area contributed by atoms with Crippen LogP contribution in [0.4, 0.5) is 0 Å². The molecule has 0 atom stereocenters. The van der Waals surface area contributed by atoms with Crippen molar-refractivity contribution in [3.8, 4) is 23.5 Å². The van der Waals surface area contributed by atoms with Crippen LogP contribution in [-0.2, 0) is 0 Å². The second-order valence-electron chi connectivity index (χ2n) is 14.6. The molecule has 9 heteroatoms. The van der Waals surface area contributed by atoms with Gasteiger partial charge in [0.05, 0.1) is 44.1 Å². The van der Waals surface area contributed by atoms with E-state index in [-0.39, 0.29) is 0 Å². The van der Waals surface area contributed by atoms with Gasteiger partial charge in [-0.3, -0.25) is 18.3 Å². The molecule has 9 nitrogen and oxygen atoms in total. The third-order valence-electron chi connectivity index (χ3n) is 11.6. The molecule has 0 spiro atoms. The Morgan fingerprint density at radius 1 is 0.283 bits per heavy atom. The quantitative estimate of drug-likeness (QED) is 0.178. The third-order valence-corrected chi connectivity index (χ3v) is 11.6. The Bertz CT molecular complexity index is 3550. The van der Waals surface area contributed by atoms with Crippen LogP contribution in [0.15, 0.2) is 176 Å². The predicted octanol–water partition coefficient (Wildman–Crippen LogP) is 12.1. The maximum Gasteiger partial charge on any atom is 0.234 e. The first-order valence-electron chi connectivity index (χ1n) is 20.3. The summed E-state index contributed by atoms with van der Waals surface area (Å²) in [5, 5.41) is 9.05. The summed E-state index contributed by atoms with van der Waals surface area (Å²) in [5.74, 6) is 2.83. The van der Waals surface area contributed by atoms with Gasteiger partial charge in [-0.2, -0.15) is 0 Å². The monoisotopic (exact) mass is 773 g/mol. The summed E-state index contributed by atoms with van der Waals surface area (Å²) < 4.78 is 9.01. The van der Waals surface area contributed by atoms with E-state index in [0.29, 0.717) is 11.9 Å². The van der Waals surface area contributed by atoms with E-state index in [4.69, 9.17) is 24.9 Å². The standard InChI is InChI=1S/C49H29N9.C2H6/c1-5-16-38-30(12-1)34-22-24-36-32-14-3-7-18-40(32)57(48-50-26-10-27-51-48)46(36)44(34)55(38)42-20-9-21-43(54-42)56-39-17-6-2-13-31(39)35-23-25-37-33-15-4-8-19-41(33)58(47(37)45(35)56)49-52-28-11-29-53-49;1-2/h1-29H;1-2H3. The molecular formula is C51H35N9. The maximum absolute atomic E-state index is 5.63. The van der Waals surface area contributed by atoms with Gasteiger partial charge in [-0.15, -0.1) is 0 Å². The molecule has 13 aromatic rings. The molecule has 0 amide bonds. The molecule has 0 N–H and O–H groups in total. The summed E-state index contributed by atoms with van der Waals surface area (Å²) in [6.45, 7) is 4.00. The third kappa shape index (κ3) is 4.65. The average Bonchev–Trinajstić information content (AvgIpc) is 4.05. The number of hydrogen-bond acceptors (Lipinski definition) is 5. The number of hydrogen-bond donors (Lipinski definition) is 0. The molecule has 0 bridgehead atoms. The Morgan fingerprint density at radius 2 is 0.583 bits per heavy atom. The molecule has 7 heterocycles. The van der Waals surface area contributed by atoms with Crippen molar-refractivity contribution in [2.45, 2.75) is 13.8 Å². The van der Waals surface area contributed by atoms with Crippen LogP contribution >= 0.6 is 0 Å². The van der Waals surface area contributed by atoms with Gasteiger partial charge < -0.3 is 0 Å². The molecule has 0 aliphatic rings. The molecule has 0 unspecified atom stereocenters. The van der Waals surface area contributed by atoms with Gasteiger partial charge in [0.25, 0.3) is 0 Å². The molecule has 6 aromatic carbocycles. The lowest BCUT2D eigenvalue weighted by Crippen LogP contribution is -2.06. The fourth-order valence-corrected chi connectivity index (χ4v) is 9.37. The number of fused-ring (bicyclic) bond motifs is 14. The van der Waals surface area contributed by atoms with Gasteiger partial charge in [-0.25, -0.2) is 24.9 Å². The van der Waals surface area contributed by atoms with Gasteiger partial charge >= 0.3 is 0 Å². The number of nitrogens with zero attached hydrogens (tertiary/aromatic N) is 9. The van der Waals surface area contributed by atoms with Crippen molar-refractivity contribution in [2.24, 2.45) is 0 Å². The van der Waals surface area contributed by atoms with Crippen molar-refractivity contribution < 1.29 is 0 Å². The zero-order chi connectivity index (χ0) is 39.9. The Morgan fingerprint density at radius 3 is 0.933 bits per heavy atom. The van der Waals surface area contributed by atoms with E-state index in [1.807, 2.05) is 26.0 Å². The molecule has 7 aromatic heterocycles. The Labute approximate surface area is 343 Å². The molecule has 0 aliphatic carbocycles. The van der Waals surface area contributed by atoms with Gasteiger partial charge in [-0.05, 0) is 48.5 Å². The van der Waals surface area contributed by atoms with Crippen LogP contribution in [0.25, 0.3) is 111 Å². The topological polar surface area (TPSA) is 84.2 Å². The summed E-state index contributed by atoms with van der Waals surface area (Å²) in [7, 11) is 0. The van der Waals surface area contributed by atoms with Crippen LogP contribution in [0.3, 0.4) is 0 Å². The number of aromatic nitrogens is 9. The van der Waals surface area contributed by atoms with Gasteiger partial charge in [0.1, 0.15) is 11.6 Å². The fourth-order valence-electron chi connectivity index (χ4n) is 9.37. The lowest BCUT2D eigenvalue weighted by atomic mass is 10.1. The summed E-state index contributed by atoms with van der Waals surface area (Å²) in [6, 6.07) is 53.2. The first kappa shape index (κ1) is 33.9. The van der Waals surface area contributed by atoms with Crippen molar-refractivity contribution in [1.82, 2.24) is 43.2 Å². The average molecular weight is 774 g/mol. The second kappa shape index (κ2) is 13.2. The molecule has 0 saturated heterocycles. The zero-order valence-corrected chi connectivity index (χ0v) is 32.8. The number of para-hydroxylation sites is 4.